The number of carbonyl (C=O) groups is 2. The molecule has 1 fully saturated rings. The fourth-order valence-corrected chi connectivity index (χ4v) is 4.69. The number of nitrogens with zero attached hydrogens (tertiary/aromatic N) is 2. The lowest BCUT2D eigenvalue weighted by atomic mass is 9.94. The number of carbonyl (C=O) groups excluding carboxylic acids is 2. The Morgan fingerprint density at radius 3 is 2.32 bits per heavy atom. The van der Waals surface area contributed by atoms with Crippen molar-refractivity contribution >= 4 is 34.8 Å². The minimum absolute atomic E-state index is 0.00560. The number of hydrogen-bond donors (Lipinski definition) is 0. The molecule has 166 valence electrons. The van der Waals surface area contributed by atoms with E-state index in [0.29, 0.717) is 43.4 Å². The summed E-state index contributed by atoms with van der Waals surface area (Å²) in [5, 5.41) is 0. The monoisotopic (exact) mass is 470 g/mol. The highest BCUT2D eigenvalue weighted by Crippen LogP contribution is 2.30. The number of amides is 2. The Bertz CT molecular complexity index is 935. The normalized spacial score (nSPS) is 15.0. The number of hydrogen-bond acceptors (Lipinski definition) is 3. The Morgan fingerprint density at radius 2 is 1.81 bits per heavy atom. The van der Waals surface area contributed by atoms with Crippen LogP contribution in [0.1, 0.15) is 33.6 Å². The highest BCUT2D eigenvalue weighted by atomic mass is 35.5. The molecule has 0 aliphatic carbocycles. The number of rotatable bonds is 6. The summed E-state index contributed by atoms with van der Waals surface area (Å²) >= 11 is 7.40. The Labute approximate surface area is 187 Å². The minimum atomic E-state index is -4.44. The highest BCUT2D eigenvalue weighted by molar-refractivity contribution is 7.16. The molecule has 2 aromatic rings. The molecule has 0 atom stereocenters. The molecule has 0 radical (unpaired) electrons. The molecule has 31 heavy (non-hydrogen) atoms. The van der Waals surface area contributed by atoms with Crippen molar-refractivity contribution in [2.75, 3.05) is 19.6 Å². The highest BCUT2D eigenvalue weighted by Gasteiger charge is 2.32. The van der Waals surface area contributed by atoms with Crippen molar-refractivity contribution in [1.29, 1.82) is 0 Å². The fourth-order valence-electron chi connectivity index (χ4n) is 3.59. The van der Waals surface area contributed by atoms with Gasteiger partial charge in [0.05, 0.1) is 16.4 Å². The molecule has 2 amide bonds. The van der Waals surface area contributed by atoms with Gasteiger partial charge in [0.25, 0.3) is 5.91 Å². The molecule has 2 heterocycles. The van der Waals surface area contributed by atoms with E-state index in [1.807, 2.05) is 6.07 Å². The Balaban J connectivity index is 1.59. The van der Waals surface area contributed by atoms with Crippen LogP contribution in [-0.4, -0.2) is 41.2 Å². The van der Waals surface area contributed by atoms with Crippen LogP contribution in [0.25, 0.3) is 0 Å². The predicted octanol–water partition coefficient (Wildman–Crippen LogP) is 5.49. The maximum Gasteiger partial charge on any atom is 0.416 e. The third kappa shape index (κ3) is 5.89. The van der Waals surface area contributed by atoms with Gasteiger partial charge in [-0.3, -0.25) is 9.59 Å². The molecule has 0 spiro atoms. The van der Waals surface area contributed by atoms with E-state index in [4.69, 9.17) is 11.6 Å². The zero-order valence-electron chi connectivity index (χ0n) is 16.7. The van der Waals surface area contributed by atoms with Gasteiger partial charge >= 0.3 is 6.18 Å². The molecule has 3 rings (SSSR count). The van der Waals surface area contributed by atoms with Crippen LogP contribution in [0.5, 0.6) is 0 Å². The van der Waals surface area contributed by atoms with E-state index in [1.165, 1.54) is 23.5 Å². The first-order valence-electron chi connectivity index (χ1n) is 9.79. The van der Waals surface area contributed by atoms with Crippen molar-refractivity contribution in [2.45, 2.75) is 25.6 Å². The smallest absolute Gasteiger partial charge is 0.339 e. The zero-order valence-corrected chi connectivity index (χ0v) is 18.3. The SMILES string of the molecule is C=CCN(Cc1ccc(Cl)s1)C(=O)C1CCN(C(=O)c2ccc(C(F)(F)F)cc2)CC1. The van der Waals surface area contributed by atoms with Crippen molar-refractivity contribution < 1.29 is 22.8 Å². The minimum Gasteiger partial charge on any atom is -0.339 e. The third-order valence-corrected chi connectivity index (χ3v) is 6.44. The molecule has 4 nitrogen and oxygen atoms in total. The van der Waals surface area contributed by atoms with Crippen molar-refractivity contribution in [3.05, 3.63) is 69.4 Å². The summed E-state index contributed by atoms with van der Waals surface area (Å²) in [6.07, 6.45) is -1.75. The number of thiophene rings is 1. The van der Waals surface area contributed by atoms with E-state index in [9.17, 15) is 22.8 Å². The molecule has 1 aliphatic rings. The van der Waals surface area contributed by atoms with Gasteiger partial charge in [-0.05, 0) is 49.2 Å². The molecular formula is C22H22ClF3N2O2S. The second kappa shape index (κ2) is 9.87. The average Bonchev–Trinajstić information content (AvgIpc) is 3.16. The largest absolute Gasteiger partial charge is 0.416 e. The van der Waals surface area contributed by atoms with Crippen LogP contribution in [0.2, 0.25) is 4.34 Å². The maximum atomic E-state index is 13.0. The quantitative estimate of drug-likeness (QED) is 0.524. The van der Waals surface area contributed by atoms with Crippen molar-refractivity contribution in [3.8, 4) is 0 Å². The van der Waals surface area contributed by atoms with Crippen LogP contribution in [0.15, 0.2) is 49.1 Å². The fraction of sp³-hybridized carbons (Fsp3) is 0.364. The third-order valence-electron chi connectivity index (χ3n) is 5.23. The van der Waals surface area contributed by atoms with Gasteiger partial charge in [0.2, 0.25) is 5.91 Å². The van der Waals surface area contributed by atoms with Gasteiger partial charge < -0.3 is 9.80 Å². The maximum absolute atomic E-state index is 13.0. The molecule has 1 aromatic heterocycles. The van der Waals surface area contributed by atoms with Crippen molar-refractivity contribution in [1.82, 2.24) is 9.80 Å². The molecule has 0 bridgehead atoms. The van der Waals surface area contributed by atoms with E-state index in [1.54, 1.807) is 21.9 Å². The van der Waals surface area contributed by atoms with Crippen LogP contribution < -0.4 is 0 Å². The van der Waals surface area contributed by atoms with E-state index in [0.717, 1.165) is 17.0 Å². The van der Waals surface area contributed by atoms with Gasteiger partial charge in [0.15, 0.2) is 0 Å². The van der Waals surface area contributed by atoms with E-state index >= 15 is 0 Å². The van der Waals surface area contributed by atoms with Gasteiger partial charge in [-0.15, -0.1) is 17.9 Å². The number of benzene rings is 1. The lowest BCUT2D eigenvalue weighted by Crippen LogP contribution is -2.44. The zero-order chi connectivity index (χ0) is 22.6. The summed E-state index contributed by atoms with van der Waals surface area (Å²) in [7, 11) is 0. The molecule has 0 saturated carbocycles. The predicted molar refractivity (Wildman–Crippen MR) is 115 cm³/mol. The molecule has 1 aromatic carbocycles. The summed E-state index contributed by atoms with van der Waals surface area (Å²) in [6, 6.07) is 7.90. The number of likely N-dealkylation sites (tertiary alicyclic amines) is 1. The van der Waals surface area contributed by atoms with Gasteiger partial charge in [0, 0.05) is 36.0 Å². The molecular weight excluding hydrogens is 449 g/mol. The lowest BCUT2D eigenvalue weighted by Gasteiger charge is -2.34. The first-order chi connectivity index (χ1) is 14.7. The lowest BCUT2D eigenvalue weighted by molar-refractivity contribution is -0.138. The van der Waals surface area contributed by atoms with Gasteiger partial charge in [-0.1, -0.05) is 17.7 Å². The second-order valence-corrected chi connectivity index (χ2v) is 9.15. The molecule has 1 aliphatic heterocycles. The molecule has 1 saturated heterocycles. The Morgan fingerprint density at radius 1 is 1.16 bits per heavy atom. The van der Waals surface area contributed by atoms with Crippen molar-refractivity contribution in [2.24, 2.45) is 5.92 Å². The van der Waals surface area contributed by atoms with Crippen LogP contribution in [-0.2, 0) is 17.5 Å². The van der Waals surface area contributed by atoms with Crippen molar-refractivity contribution in [3.63, 3.8) is 0 Å². The Kier molecular flexibility index (Phi) is 7.43. The molecule has 0 unspecified atom stereocenters. The second-order valence-electron chi connectivity index (χ2n) is 7.35. The summed E-state index contributed by atoms with van der Waals surface area (Å²) in [6.45, 7) is 5.35. The first-order valence-corrected chi connectivity index (χ1v) is 11.0. The van der Waals surface area contributed by atoms with Gasteiger partial charge in [-0.25, -0.2) is 0 Å². The van der Waals surface area contributed by atoms with E-state index in [-0.39, 0.29) is 23.3 Å². The number of piperidine rings is 1. The summed E-state index contributed by atoms with van der Waals surface area (Å²) in [5.74, 6) is -0.533. The van der Waals surface area contributed by atoms with Crippen LogP contribution in [0.4, 0.5) is 13.2 Å². The van der Waals surface area contributed by atoms with Crippen LogP contribution >= 0.6 is 22.9 Å². The van der Waals surface area contributed by atoms with Crippen LogP contribution in [0.3, 0.4) is 0 Å². The van der Waals surface area contributed by atoms with Gasteiger partial charge in [-0.2, -0.15) is 13.2 Å². The first kappa shape index (κ1) is 23.3. The summed E-state index contributed by atoms with van der Waals surface area (Å²) in [4.78, 5) is 30.0. The summed E-state index contributed by atoms with van der Waals surface area (Å²) in [5.41, 5.74) is -0.580. The summed E-state index contributed by atoms with van der Waals surface area (Å²) < 4.78 is 38.8. The topological polar surface area (TPSA) is 40.6 Å². The molecule has 0 N–H and O–H groups in total. The van der Waals surface area contributed by atoms with E-state index in [2.05, 4.69) is 6.58 Å². The Hall–Kier alpha value is -2.32. The van der Waals surface area contributed by atoms with Gasteiger partial charge in [0.1, 0.15) is 0 Å². The molecule has 9 heteroatoms. The average molecular weight is 471 g/mol. The number of alkyl halides is 3. The standard InChI is InChI=1S/C22H22ClF3N2O2S/c1-2-11-28(14-18-7-8-19(23)31-18)21(30)16-9-12-27(13-10-16)20(29)15-3-5-17(6-4-15)22(24,25)26/h2-8,16H,1,9-14H2. The number of halogens is 4. The van der Waals surface area contributed by atoms with E-state index < -0.39 is 11.7 Å². The van der Waals surface area contributed by atoms with Crippen LogP contribution in [0, 0.1) is 5.92 Å².